The van der Waals surface area contributed by atoms with Gasteiger partial charge in [-0.15, -0.1) is 12.4 Å². The summed E-state index contributed by atoms with van der Waals surface area (Å²) in [6.07, 6.45) is 1.75. The minimum absolute atomic E-state index is 0. The highest BCUT2D eigenvalue weighted by atomic mass is 35.5. The molecule has 1 saturated heterocycles. The molecular weight excluding hydrogens is 326 g/mol. The molecule has 1 aromatic heterocycles. The van der Waals surface area contributed by atoms with Crippen molar-refractivity contribution < 1.29 is 9.53 Å². The van der Waals surface area contributed by atoms with Gasteiger partial charge in [0.15, 0.2) is 0 Å². The lowest BCUT2D eigenvalue weighted by Gasteiger charge is -2.27. The van der Waals surface area contributed by atoms with Gasteiger partial charge in [-0.1, -0.05) is 18.2 Å². The van der Waals surface area contributed by atoms with Crippen LogP contribution in [0, 0.1) is 5.92 Å². The highest BCUT2D eigenvalue weighted by molar-refractivity contribution is 5.85. The average molecular weight is 348 g/mol. The molecular formula is C18H22ClN3O2. The Morgan fingerprint density at radius 2 is 2.17 bits per heavy atom. The van der Waals surface area contributed by atoms with E-state index in [0.717, 1.165) is 30.1 Å². The number of amides is 1. The van der Waals surface area contributed by atoms with Gasteiger partial charge in [0.1, 0.15) is 12.4 Å². The molecule has 1 aromatic carbocycles. The molecule has 1 unspecified atom stereocenters. The maximum Gasteiger partial charge on any atom is 0.226 e. The second-order valence-corrected chi connectivity index (χ2v) is 5.77. The number of nitrogens with one attached hydrogen (secondary N) is 2. The van der Waals surface area contributed by atoms with Gasteiger partial charge in [-0.25, -0.2) is 0 Å². The van der Waals surface area contributed by atoms with Crippen LogP contribution in [0.25, 0.3) is 0 Å². The van der Waals surface area contributed by atoms with Gasteiger partial charge in [0, 0.05) is 19.3 Å². The van der Waals surface area contributed by atoms with Crippen molar-refractivity contribution in [3.05, 3.63) is 59.9 Å². The van der Waals surface area contributed by atoms with Crippen molar-refractivity contribution in [1.29, 1.82) is 0 Å². The minimum Gasteiger partial charge on any atom is -0.487 e. The van der Waals surface area contributed by atoms with E-state index in [9.17, 15) is 4.79 Å². The molecule has 0 radical (unpaired) electrons. The lowest BCUT2D eigenvalue weighted by atomic mass is 10.0. The summed E-state index contributed by atoms with van der Waals surface area (Å²) >= 11 is 0. The van der Waals surface area contributed by atoms with Crippen LogP contribution >= 0.6 is 12.4 Å². The zero-order valence-corrected chi connectivity index (χ0v) is 14.4. The molecule has 0 saturated carbocycles. The average Bonchev–Trinajstić information content (AvgIpc) is 2.52. The fourth-order valence-electron chi connectivity index (χ4n) is 2.40. The van der Waals surface area contributed by atoms with Crippen molar-refractivity contribution in [3.63, 3.8) is 0 Å². The highest BCUT2D eigenvalue weighted by Crippen LogP contribution is 2.20. The molecule has 2 N–H and O–H groups in total. The van der Waals surface area contributed by atoms with Crippen LogP contribution in [0.3, 0.4) is 0 Å². The summed E-state index contributed by atoms with van der Waals surface area (Å²) < 4.78 is 5.78. The zero-order chi connectivity index (χ0) is 16.1. The first-order valence-corrected chi connectivity index (χ1v) is 7.86. The molecule has 128 valence electrons. The number of carbonyl (C=O) groups is 1. The van der Waals surface area contributed by atoms with E-state index >= 15 is 0 Å². The van der Waals surface area contributed by atoms with Crippen LogP contribution in [-0.2, 0) is 11.4 Å². The SMILES string of the molecule is CC(NC(=O)C1CNC1)c1cccc(OCc2ccccn2)c1.Cl. The van der Waals surface area contributed by atoms with Crippen LogP contribution in [-0.4, -0.2) is 24.0 Å². The number of nitrogens with zero attached hydrogens (tertiary/aromatic N) is 1. The van der Waals surface area contributed by atoms with Crippen LogP contribution in [0.1, 0.15) is 24.2 Å². The van der Waals surface area contributed by atoms with E-state index in [0.29, 0.717) is 6.61 Å². The Hall–Kier alpha value is -2.11. The molecule has 0 spiro atoms. The molecule has 0 aliphatic carbocycles. The van der Waals surface area contributed by atoms with Gasteiger partial charge in [0.25, 0.3) is 0 Å². The van der Waals surface area contributed by atoms with Crippen LogP contribution in [0.5, 0.6) is 5.75 Å². The molecule has 1 fully saturated rings. The zero-order valence-electron chi connectivity index (χ0n) is 13.6. The number of hydrogen-bond acceptors (Lipinski definition) is 4. The first kappa shape index (κ1) is 18.2. The molecule has 1 atom stereocenters. The Balaban J connectivity index is 0.00000208. The summed E-state index contributed by atoms with van der Waals surface area (Å²) in [4.78, 5) is 16.3. The number of pyridine rings is 1. The van der Waals surface area contributed by atoms with Gasteiger partial charge in [-0.05, 0) is 36.8 Å². The Labute approximate surface area is 148 Å². The quantitative estimate of drug-likeness (QED) is 0.842. The summed E-state index contributed by atoms with van der Waals surface area (Å²) in [5.74, 6) is 0.983. The number of hydrogen-bond donors (Lipinski definition) is 2. The van der Waals surface area contributed by atoms with Crippen LogP contribution < -0.4 is 15.4 Å². The van der Waals surface area contributed by atoms with Gasteiger partial charge in [-0.3, -0.25) is 9.78 Å². The summed E-state index contributed by atoms with van der Waals surface area (Å²) in [6, 6.07) is 13.5. The lowest BCUT2D eigenvalue weighted by Crippen LogP contribution is -2.51. The van der Waals surface area contributed by atoms with Crippen LogP contribution in [0.2, 0.25) is 0 Å². The van der Waals surface area contributed by atoms with Gasteiger partial charge < -0.3 is 15.4 Å². The van der Waals surface area contributed by atoms with Crippen molar-refractivity contribution >= 4 is 18.3 Å². The summed E-state index contributed by atoms with van der Waals surface area (Å²) in [5.41, 5.74) is 1.92. The Kier molecular flexibility index (Phi) is 6.58. The molecule has 3 rings (SSSR count). The Bertz CT molecular complexity index is 662. The van der Waals surface area contributed by atoms with Crippen molar-refractivity contribution in [2.45, 2.75) is 19.6 Å². The molecule has 1 aliphatic rings. The standard InChI is InChI=1S/C18H21N3O2.ClH/c1-13(21-18(22)15-10-19-11-15)14-5-4-7-17(9-14)23-12-16-6-2-3-8-20-16;/h2-9,13,15,19H,10-12H2,1H3,(H,21,22);1H. The van der Waals surface area contributed by atoms with E-state index in [-0.39, 0.29) is 30.3 Å². The first-order chi connectivity index (χ1) is 11.2. The molecule has 6 heteroatoms. The van der Waals surface area contributed by atoms with Crippen molar-refractivity contribution in [2.75, 3.05) is 13.1 Å². The largest absolute Gasteiger partial charge is 0.487 e. The fraction of sp³-hybridized carbons (Fsp3) is 0.333. The van der Waals surface area contributed by atoms with Crippen molar-refractivity contribution in [3.8, 4) is 5.75 Å². The summed E-state index contributed by atoms with van der Waals surface area (Å²) in [6.45, 7) is 3.96. The topological polar surface area (TPSA) is 63.2 Å². The number of halogens is 1. The summed E-state index contributed by atoms with van der Waals surface area (Å²) in [5, 5.41) is 6.16. The van der Waals surface area contributed by atoms with Gasteiger partial charge in [0.05, 0.1) is 17.7 Å². The third-order valence-electron chi connectivity index (χ3n) is 3.98. The van der Waals surface area contributed by atoms with E-state index < -0.39 is 0 Å². The molecule has 1 aliphatic heterocycles. The second kappa shape index (κ2) is 8.66. The van der Waals surface area contributed by atoms with E-state index in [1.54, 1.807) is 6.20 Å². The Morgan fingerprint density at radius 3 is 2.83 bits per heavy atom. The maximum atomic E-state index is 12.0. The molecule has 1 amide bonds. The predicted octanol–water partition coefficient (Wildman–Crippen LogP) is 2.48. The third kappa shape index (κ3) is 4.69. The predicted molar refractivity (Wildman–Crippen MR) is 95.2 cm³/mol. The molecule has 2 heterocycles. The van der Waals surface area contributed by atoms with Gasteiger partial charge in [-0.2, -0.15) is 0 Å². The number of benzene rings is 1. The Morgan fingerprint density at radius 1 is 1.33 bits per heavy atom. The van der Waals surface area contributed by atoms with Gasteiger partial charge in [0.2, 0.25) is 5.91 Å². The number of aromatic nitrogens is 1. The minimum atomic E-state index is -0.0403. The van der Waals surface area contributed by atoms with Crippen LogP contribution in [0.4, 0.5) is 0 Å². The van der Waals surface area contributed by atoms with Crippen molar-refractivity contribution in [2.24, 2.45) is 5.92 Å². The normalized spacial score (nSPS) is 14.9. The van der Waals surface area contributed by atoms with Crippen LogP contribution in [0.15, 0.2) is 48.7 Å². The fourth-order valence-corrected chi connectivity index (χ4v) is 2.40. The number of carbonyl (C=O) groups excluding carboxylic acids is 1. The van der Waals surface area contributed by atoms with E-state index in [1.807, 2.05) is 49.4 Å². The third-order valence-corrected chi connectivity index (χ3v) is 3.98. The first-order valence-electron chi connectivity index (χ1n) is 7.86. The maximum absolute atomic E-state index is 12.0. The van der Waals surface area contributed by atoms with E-state index in [4.69, 9.17) is 4.74 Å². The molecule has 2 aromatic rings. The smallest absolute Gasteiger partial charge is 0.226 e. The van der Waals surface area contributed by atoms with Gasteiger partial charge >= 0.3 is 0 Å². The number of rotatable bonds is 6. The molecule has 24 heavy (non-hydrogen) atoms. The number of ether oxygens (including phenoxy) is 1. The van der Waals surface area contributed by atoms with E-state index in [2.05, 4.69) is 15.6 Å². The second-order valence-electron chi connectivity index (χ2n) is 5.77. The monoisotopic (exact) mass is 347 g/mol. The molecule has 0 bridgehead atoms. The highest BCUT2D eigenvalue weighted by Gasteiger charge is 2.25. The van der Waals surface area contributed by atoms with E-state index in [1.165, 1.54) is 0 Å². The summed E-state index contributed by atoms with van der Waals surface area (Å²) in [7, 11) is 0. The van der Waals surface area contributed by atoms with Crippen molar-refractivity contribution in [1.82, 2.24) is 15.6 Å². The lowest BCUT2D eigenvalue weighted by molar-refractivity contribution is -0.127. The molecule has 5 nitrogen and oxygen atoms in total.